The summed E-state index contributed by atoms with van der Waals surface area (Å²) < 4.78 is 9.71. The Bertz CT molecular complexity index is 422. The van der Waals surface area contributed by atoms with Crippen molar-refractivity contribution in [1.82, 2.24) is 0 Å². The topological polar surface area (TPSA) is 52.6 Å². The lowest BCUT2D eigenvalue weighted by molar-refractivity contribution is -0.214. The van der Waals surface area contributed by atoms with Crippen LogP contribution in [-0.4, -0.2) is 26.2 Å². The summed E-state index contributed by atoms with van der Waals surface area (Å²) in [5.74, 6) is -1.50. The molecule has 0 aromatic rings. The zero-order valence-electron chi connectivity index (χ0n) is 11.8. The van der Waals surface area contributed by atoms with E-state index in [0.717, 1.165) is 0 Å². The number of esters is 2. The zero-order chi connectivity index (χ0) is 13.9. The molecule has 0 radical (unpaired) electrons. The van der Waals surface area contributed by atoms with Crippen molar-refractivity contribution in [1.29, 1.82) is 0 Å². The first-order valence-corrected chi connectivity index (χ1v) is 6.12. The van der Waals surface area contributed by atoms with E-state index in [0.29, 0.717) is 0 Å². The number of methoxy groups -OCH3 is 2. The molecule has 0 bridgehead atoms. The predicted molar refractivity (Wildman–Crippen MR) is 65.6 cm³/mol. The zero-order valence-corrected chi connectivity index (χ0v) is 11.8. The molecule has 0 unspecified atom stereocenters. The third-order valence-corrected chi connectivity index (χ3v) is 5.69. The van der Waals surface area contributed by atoms with Crippen molar-refractivity contribution in [3.8, 4) is 0 Å². The molecule has 1 fully saturated rings. The van der Waals surface area contributed by atoms with Gasteiger partial charge in [0.1, 0.15) is 0 Å². The van der Waals surface area contributed by atoms with E-state index in [4.69, 9.17) is 9.47 Å². The van der Waals surface area contributed by atoms with Crippen LogP contribution in [-0.2, 0) is 19.1 Å². The van der Waals surface area contributed by atoms with Crippen molar-refractivity contribution in [2.75, 3.05) is 14.2 Å². The largest absolute Gasteiger partial charge is 0.469 e. The first-order valence-electron chi connectivity index (χ1n) is 6.12. The molecule has 0 heterocycles. The Kier molecular flexibility index (Phi) is 2.62. The van der Waals surface area contributed by atoms with Gasteiger partial charge in [0.25, 0.3) is 0 Å². The van der Waals surface area contributed by atoms with E-state index in [2.05, 4.69) is 0 Å². The van der Waals surface area contributed by atoms with Crippen LogP contribution in [0.25, 0.3) is 0 Å². The third-order valence-electron chi connectivity index (χ3n) is 5.69. The highest BCUT2D eigenvalue weighted by Crippen LogP contribution is 2.78. The fourth-order valence-corrected chi connectivity index (χ4v) is 4.18. The van der Waals surface area contributed by atoms with Crippen molar-refractivity contribution in [2.45, 2.75) is 27.7 Å². The number of hydrogen-bond acceptors (Lipinski definition) is 4. The molecule has 2 aliphatic carbocycles. The summed E-state index contributed by atoms with van der Waals surface area (Å²) in [6.07, 6.45) is 0. The molecule has 100 valence electrons. The SMILES string of the molecule is COC(=O)[C@H]1[C@H](C(=O)OC)[C@@]2(C)C(C)=C(C)[C@@]12C. The number of hydrogen-bond donors (Lipinski definition) is 0. The summed E-state index contributed by atoms with van der Waals surface area (Å²) in [4.78, 5) is 23.9. The second kappa shape index (κ2) is 3.59. The Morgan fingerprint density at radius 1 is 0.889 bits per heavy atom. The van der Waals surface area contributed by atoms with Crippen LogP contribution in [0.5, 0.6) is 0 Å². The maximum absolute atomic E-state index is 12.0. The number of carbonyl (C=O) groups excluding carboxylic acids is 2. The molecule has 0 spiro atoms. The minimum Gasteiger partial charge on any atom is -0.469 e. The first kappa shape index (κ1) is 13.1. The summed E-state index contributed by atoms with van der Waals surface area (Å²) in [6, 6.07) is 0. The van der Waals surface area contributed by atoms with Crippen molar-refractivity contribution in [3.63, 3.8) is 0 Å². The normalized spacial score (nSPS) is 41.4. The molecule has 0 amide bonds. The van der Waals surface area contributed by atoms with Gasteiger partial charge in [0.05, 0.1) is 26.1 Å². The Morgan fingerprint density at radius 2 is 1.17 bits per heavy atom. The highest BCUT2D eigenvalue weighted by atomic mass is 16.5. The summed E-state index contributed by atoms with van der Waals surface area (Å²) in [5.41, 5.74) is 1.84. The Labute approximate surface area is 107 Å². The maximum atomic E-state index is 12.0. The molecule has 1 saturated carbocycles. The number of carbonyl (C=O) groups is 2. The van der Waals surface area contributed by atoms with Crippen molar-refractivity contribution >= 4 is 11.9 Å². The fourth-order valence-electron chi connectivity index (χ4n) is 4.18. The monoisotopic (exact) mass is 252 g/mol. The number of allylic oxidation sites excluding steroid dienone is 2. The molecule has 0 aromatic carbocycles. The van der Waals surface area contributed by atoms with E-state index < -0.39 is 11.8 Å². The molecule has 2 rings (SSSR count). The number of ether oxygens (including phenoxy) is 2. The van der Waals surface area contributed by atoms with Crippen LogP contribution in [0.3, 0.4) is 0 Å². The third kappa shape index (κ3) is 1.03. The van der Waals surface area contributed by atoms with E-state index in [9.17, 15) is 9.59 Å². The fraction of sp³-hybridized carbons (Fsp3) is 0.714. The van der Waals surface area contributed by atoms with Gasteiger partial charge in [0.2, 0.25) is 0 Å². The molecule has 4 heteroatoms. The predicted octanol–water partition coefficient (Wildman–Crippen LogP) is 1.94. The van der Waals surface area contributed by atoms with Crippen molar-refractivity contribution in [2.24, 2.45) is 22.7 Å². The minimum atomic E-state index is -0.427. The molecule has 2 aliphatic rings. The number of rotatable bonds is 2. The van der Waals surface area contributed by atoms with Crippen LogP contribution in [0, 0.1) is 22.7 Å². The van der Waals surface area contributed by atoms with Gasteiger partial charge in [-0.3, -0.25) is 9.59 Å². The highest BCUT2D eigenvalue weighted by Gasteiger charge is 2.78. The summed E-state index contributed by atoms with van der Waals surface area (Å²) in [5, 5.41) is 0. The summed E-state index contributed by atoms with van der Waals surface area (Å²) in [6.45, 7) is 8.13. The molecule has 0 saturated heterocycles. The minimum absolute atomic E-state index is 0.275. The van der Waals surface area contributed by atoms with Gasteiger partial charge in [0, 0.05) is 10.8 Å². The summed E-state index contributed by atoms with van der Waals surface area (Å²) in [7, 11) is 2.72. The van der Waals surface area contributed by atoms with Gasteiger partial charge in [-0.1, -0.05) is 25.0 Å². The first-order chi connectivity index (χ1) is 8.28. The highest BCUT2D eigenvalue weighted by molar-refractivity contribution is 5.89. The lowest BCUT2D eigenvalue weighted by atomic mass is 9.29. The lowest BCUT2D eigenvalue weighted by Crippen LogP contribution is -2.73. The van der Waals surface area contributed by atoms with Crippen LogP contribution in [0.15, 0.2) is 11.1 Å². The molecule has 4 nitrogen and oxygen atoms in total. The smallest absolute Gasteiger partial charge is 0.310 e. The van der Waals surface area contributed by atoms with Crippen molar-refractivity contribution < 1.29 is 19.1 Å². The van der Waals surface area contributed by atoms with E-state index in [-0.39, 0.29) is 22.8 Å². The molecule has 0 aromatic heterocycles. The van der Waals surface area contributed by atoms with Crippen LogP contribution in [0.2, 0.25) is 0 Å². The van der Waals surface area contributed by atoms with Crippen LogP contribution < -0.4 is 0 Å². The Balaban J connectivity index is 2.48. The molecule has 18 heavy (non-hydrogen) atoms. The molecule has 4 atom stereocenters. The van der Waals surface area contributed by atoms with Gasteiger partial charge in [0.15, 0.2) is 0 Å². The van der Waals surface area contributed by atoms with E-state index in [1.807, 2.05) is 27.7 Å². The van der Waals surface area contributed by atoms with E-state index in [1.54, 1.807) is 0 Å². The molecular formula is C14H20O4. The van der Waals surface area contributed by atoms with Gasteiger partial charge >= 0.3 is 11.9 Å². The van der Waals surface area contributed by atoms with E-state index >= 15 is 0 Å². The van der Waals surface area contributed by atoms with Gasteiger partial charge in [-0.25, -0.2) is 0 Å². The second-order valence-electron chi connectivity index (χ2n) is 5.66. The van der Waals surface area contributed by atoms with E-state index in [1.165, 1.54) is 25.4 Å². The van der Waals surface area contributed by atoms with Crippen LogP contribution in [0.4, 0.5) is 0 Å². The molecular weight excluding hydrogens is 232 g/mol. The lowest BCUT2D eigenvalue weighted by Gasteiger charge is -2.72. The van der Waals surface area contributed by atoms with Gasteiger partial charge in [-0.15, -0.1) is 0 Å². The summed E-state index contributed by atoms with van der Waals surface area (Å²) >= 11 is 0. The standard InChI is InChI=1S/C14H20O4/c1-7-8(2)14(4)10(12(16)18-6)9(11(15)17-5)13(7,14)3/h9-10H,1-6H3/t9-,10-,13-,14+/m1/s1. The van der Waals surface area contributed by atoms with Crippen molar-refractivity contribution in [3.05, 3.63) is 11.1 Å². The molecule has 0 N–H and O–H groups in total. The quantitative estimate of drug-likeness (QED) is 0.556. The average Bonchev–Trinajstić information content (AvgIpc) is 2.39. The Hall–Kier alpha value is -1.32. The Morgan fingerprint density at radius 3 is 1.39 bits per heavy atom. The molecule has 0 aliphatic heterocycles. The van der Waals surface area contributed by atoms with Gasteiger partial charge in [-0.05, 0) is 13.8 Å². The average molecular weight is 252 g/mol. The second-order valence-corrected chi connectivity index (χ2v) is 5.66. The number of fused-ring (bicyclic) bond motifs is 1. The van der Waals surface area contributed by atoms with Gasteiger partial charge < -0.3 is 9.47 Å². The van der Waals surface area contributed by atoms with Crippen LogP contribution in [0.1, 0.15) is 27.7 Å². The van der Waals surface area contributed by atoms with Crippen LogP contribution >= 0.6 is 0 Å². The maximum Gasteiger partial charge on any atom is 0.310 e. The van der Waals surface area contributed by atoms with Gasteiger partial charge in [-0.2, -0.15) is 0 Å².